The van der Waals surface area contributed by atoms with Crippen LogP contribution in [0.2, 0.25) is 0 Å². The molecule has 7 nitrogen and oxygen atoms in total. The van der Waals surface area contributed by atoms with Crippen molar-refractivity contribution in [3.63, 3.8) is 0 Å². The van der Waals surface area contributed by atoms with Crippen LogP contribution in [0.4, 0.5) is 0 Å². The van der Waals surface area contributed by atoms with Crippen LogP contribution in [0.25, 0.3) is 11.1 Å². The highest BCUT2D eigenvalue weighted by Gasteiger charge is 2.46. The number of hydrogen-bond acceptors (Lipinski definition) is 5. The van der Waals surface area contributed by atoms with Crippen LogP contribution in [0.3, 0.4) is 0 Å². The van der Waals surface area contributed by atoms with Crippen LogP contribution in [0.15, 0.2) is 42.5 Å². The Kier molecular flexibility index (Phi) is 5.85. The maximum atomic E-state index is 13.0. The molecule has 33 heavy (non-hydrogen) atoms. The van der Waals surface area contributed by atoms with Crippen molar-refractivity contribution in [2.75, 3.05) is 39.4 Å². The molecular weight excluding hydrogens is 420 g/mol. The summed E-state index contributed by atoms with van der Waals surface area (Å²) in [6, 6.07) is 13.2. The Balaban J connectivity index is 1.24. The Hall–Kier alpha value is -2.90. The molecule has 0 radical (unpaired) electrons. The van der Waals surface area contributed by atoms with Crippen molar-refractivity contribution < 1.29 is 24.5 Å². The molecule has 2 aliphatic heterocycles. The molecule has 2 heterocycles. The first-order chi connectivity index (χ1) is 15.9. The molecule has 0 unspecified atom stereocenters. The third kappa shape index (κ3) is 4.23. The molecule has 3 aliphatic rings. The van der Waals surface area contributed by atoms with Gasteiger partial charge in [-0.25, -0.2) is 0 Å². The second-order valence-corrected chi connectivity index (χ2v) is 9.44. The number of hydrogen-bond donors (Lipinski definition) is 2. The fourth-order valence-corrected chi connectivity index (χ4v) is 5.10. The lowest BCUT2D eigenvalue weighted by atomic mass is 9.93. The maximum absolute atomic E-state index is 13.0. The number of carbonyl (C=O) groups excluding carboxylic acids is 2. The quantitative estimate of drug-likeness (QED) is 0.748. The predicted octanol–water partition coefficient (Wildman–Crippen LogP) is 2.76. The van der Waals surface area contributed by atoms with E-state index in [9.17, 15) is 19.8 Å². The molecule has 1 aliphatic carbocycles. The average Bonchev–Trinajstić information content (AvgIpc) is 3.37. The summed E-state index contributed by atoms with van der Waals surface area (Å²) in [5.41, 5.74) is 2.13. The van der Waals surface area contributed by atoms with Gasteiger partial charge in [-0.05, 0) is 54.2 Å². The van der Waals surface area contributed by atoms with E-state index in [1.54, 1.807) is 28.0 Å². The third-order valence-corrected chi connectivity index (χ3v) is 7.22. The van der Waals surface area contributed by atoms with E-state index in [-0.39, 0.29) is 30.8 Å². The van der Waals surface area contributed by atoms with Crippen molar-refractivity contribution in [2.24, 2.45) is 0 Å². The van der Waals surface area contributed by atoms with Gasteiger partial charge in [-0.1, -0.05) is 31.0 Å². The summed E-state index contributed by atoms with van der Waals surface area (Å²) in [7, 11) is 0. The highest BCUT2D eigenvalue weighted by atomic mass is 16.5. The molecule has 174 valence electrons. The van der Waals surface area contributed by atoms with Crippen LogP contribution in [0, 0.1) is 0 Å². The summed E-state index contributed by atoms with van der Waals surface area (Å²) in [4.78, 5) is 28.8. The lowest BCUT2D eigenvalue weighted by Gasteiger charge is -2.42. The Morgan fingerprint density at radius 1 is 0.909 bits per heavy atom. The molecule has 7 heteroatoms. The minimum absolute atomic E-state index is 0.0381. The molecule has 0 atom stereocenters. The van der Waals surface area contributed by atoms with Crippen molar-refractivity contribution in [3.05, 3.63) is 53.6 Å². The number of rotatable bonds is 4. The van der Waals surface area contributed by atoms with E-state index in [0.717, 1.165) is 11.1 Å². The van der Waals surface area contributed by atoms with Gasteiger partial charge in [-0.3, -0.25) is 9.59 Å². The molecular formula is C26H30N2O5. The van der Waals surface area contributed by atoms with Crippen molar-refractivity contribution in [1.82, 2.24) is 9.80 Å². The molecule has 1 saturated carbocycles. The highest BCUT2D eigenvalue weighted by Crippen LogP contribution is 2.38. The molecule has 2 amide bonds. The lowest BCUT2D eigenvalue weighted by molar-refractivity contribution is -0.201. The fourth-order valence-electron chi connectivity index (χ4n) is 5.10. The third-order valence-electron chi connectivity index (χ3n) is 7.22. The number of ether oxygens (including phenoxy) is 1. The molecule has 0 spiro atoms. The van der Waals surface area contributed by atoms with Crippen molar-refractivity contribution in [1.29, 1.82) is 0 Å². The number of amides is 2. The van der Waals surface area contributed by atoms with Gasteiger partial charge >= 0.3 is 0 Å². The van der Waals surface area contributed by atoms with Crippen LogP contribution in [0.1, 0.15) is 47.5 Å². The molecule has 0 bridgehead atoms. The Morgan fingerprint density at radius 3 is 2.15 bits per heavy atom. The van der Waals surface area contributed by atoms with E-state index >= 15 is 0 Å². The summed E-state index contributed by atoms with van der Waals surface area (Å²) in [5.74, 6) is 0.413. The second kappa shape index (κ2) is 8.80. The van der Waals surface area contributed by atoms with Gasteiger partial charge < -0.3 is 24.7 Å². The van der Waals surface area contributed by atoms with Gasteiger partial charge in [-0.15, -0.1) is 0 Å². The van der Waals surface area contributed by atoms with Gasteiger partial charge in [0.2, 0.25) is 0 Å². The first-order valence-corrected chi connectivity index (χ1v) is 11.8. The monoisotopic (exact) mass is 450 g/mol. The van der Waals surface area contributed by atoms with E-state index < -0.39 is 5.60 Å². The van der Waals surface area contributed by atoms with Gasteiger partial charge in [0.1, 0.15) is 5.75 Å². The Bertz CT molecular complexity index is 1030. The van der Waals surface area contributed by atoms with Crippen molar-refractivity contribution in [2.45, 2.75) is 37.2 Å². The predicted molar refractivity (Wildman–Crippen MR) is 123 cm³/mol. The number of nitrogens with zero attached hydrogens (tertiary/aromatic N) is 2. The maximum Gasteiger partial charge on any atom is 0.259 e. The highest BCUT2D eigenvalue weighted by molar-refractivity contribution is 5.95. The molecule has 2 N–H and O–H groups in total. The summed E-state index contributed by atoms with van der Waals surface area (Å²) in [6.45, 7) is 1.72. The Morgan fingerprint density at radius 2 is 1.55 bits per heavy atom. The number of benzene rings is 2. The van der Waals surface area contributed by atoms with Crippen LogP contribution in [0.5, 0.6) is 5.75 Å². The summed E-state index contributed by atoms with van der Waals surface area (Å²) in [6.07, 6.45) is 4.91. The number of aliphatic hydroxyl groups is 1. The number of piperazine rings is 1. The molecule has 2 saturated heterocycles. The summed E-state index contributed by atoms with van der Waals surface area (Å²) in [5, 5.41) is 20.6. The molecule has 2 aromatic carbocycles. The first-order valence-electron chi connectivity index (χ1n) is 11.8. The smallest absolute Gasteiger partial charge is 0.259 e. The van der Waals surface area contributed by atoms with Gasteiger partial charge in [0.15, 0.2) is 5.60 Å². The van der Waals surface area contributed by atoms with E-state index in [4.69, 9.17) is 4.74 Å². The number of carbonyl (C=O) groups is 2. The zero-order valence-corrected chi connectivity index (χ0v) is 18.7. The van der Waals surface area contributed by atoms with Gasteiger partial charge in [-0.2, -0.15) is 0 Å². The molecule has 3 fully saturated rings. The van der Waals surface area contributed by atoms with Crippen LogP contribution >= 0.6 is 0 Å². The lowest BCUT2D eigenvalue weighted by Crippen LogP contribution is -2.64. The fraction of sp³-hybridized carbons (Fsp3) is 0.462. The standard InChI is InChI=1S/C26H30N2O5/c29-23-10-9-21(18-3-1-2-4-18)15-22(23)19-5-7-20(8-6-19)24(30)27-11-13-28(14-12-27)25(31)26(32)16-33-17-26/h5-10,15,18,29,32H,1-4,11-14,16-17H2. The van der Waals surface area contributed by atoms with Gasteiger partial charge in [0.25, 0.3) is 11.8 Å². The minimum Gasteiger partial charge on any atom is -0.507 e. The van der Waals surface area contributed by atoms with Crippen molar-refractivity contribution in [3.8, 4) is 16.9 Å². The summed E-state index contributed by atoms with van der Waals surface area (Å²) >= 11 is 0. The van der Waals surface area contributed by atoms with Crippen LogP contribution < -0.4 is 0 Å². The van der Waals surface area contributed by atoms with E-state index in [0.29, 0.717) is 37.7 Å². The number of phenolic OH excluding ortho intramolecular Hbond substituents is 1. The summed E-state index contributed by atoms with van der Waals surface area (Å²) < 4.78 is 4.97. The normalized spacial score (nSPS) is 20.5. The zero-order valence-electron chi connectivity index (χ0n) is 18.7. The SMILES string of the molecule is O=C(c1ccc(-c2cc(C3CCCC3)ccc2O)cc1)N1CCN(C(=O)C2(O)COC2)CC1. The minimum atomic E-state index is -1.40. The van der Waals surface area contributed by atoms with Crippen LogP contribution in [-0.4, -0.2) is 76.8 Å². The number of phenols is 1. The number of aromatic hydroxyl groups is 1. The molecule has 2 aromatic rings. The van der Waals surface area contributed by atoms with Gasteiger partial charge in [0, 0.05) is 37.3 Å². The van der Waals surface area contributed by atoms with Crippen molar-refractivity contribution >= 4 is 11.8 Å². The Labute approximate surface area is 193 Å². The van der Waals surface area contributed by atoms with E-state index in [2.05, 4.69) is 6.07 Å². The van der Waals surface area contributed by atoms with E-state index in [1.165, 1.54) is 31.2 Å². The van der Waals surface area contributed by atoms with E-state index in [1.807, 2.05) is 18.2 Å². The second-order valence-electron chi connectivity index (χ2n) is 9.44. The van der Waals surface area contributed by atoms with Crippen LogP contribution in [-0.2, 0) is 9.53 Å². The first kappa shape index (κ1) is 21.9. The van der Waals surface area contributed by atoms with Gasteiger partial charge in [0.05, 0.1) is 13.2 Å². The largest absolute Gasteiger partial charge is 0.507 e. The molecule has 0 aromatic heterocycles. The molecule has 5 rings (SSSR count). The average molecular weight is 451 g/mol. The zero-order chi connectivity index (χ0) is 23.0. The topological polar surface area (TPSA) is 90.3 Å².